The van der Waals surface area contributed by atoms with E-state index < -0.39 is 0 Å². The van der Waals surface area contributed by atoms with Crippen LogP contribution in [-0.2, 0) is 9.53 Å². The van der Waals surface area contributed by atoms with Crippen LogP contribution in [0.5, 0.6) is 0 Å². The highest BCUT2D eigenvalue weighted by molar-refractivity contribution is 8.22. The van der Waals surface area contributed by atoms with Crippen LogP contribution in [0.4, 0.5) is 0 Å². The van der Waals surface area contributed by atoms with Gasteiger partial charge >= 0.3 is 5.97 Å². The monoisotopic (exact) mass is 303 g/mol. The Bertz CT molecular complexity index is 352. The first-order chi connectivity index (χ1) is 9.20. The van der Waals surface area contributed by atoms with Gasteiger partial charge in [0.15, 0.2) is 0 Å². The number of carbonyl (C=O) groups is 1. The lowest BCUT2D eigenvalue weighted by Crippen LogP contribution is -2.38. The summed E-state index contributed by atoms with van der Waals surface area (Å²) in [4.78, 5) is 14.0. The second kappa shape index (κ2) is 7.42. The minimum absolute atomic E-state index is 0.0124. The fourth-order valence-corrected chi connectivity index (χ4v) is 4.32. The summed E-state index contributed by atoms with van der Waals surface area (Å²) in [6, 6.07) is -0.0360. The SMILES string of the molecule is CCOC(=O)C1CCCN1CCSC1=CNC(N)S1. The molecule has 19 heavy (non-hydrogen) atoms. The largest absolute Gasteiger partial charge is 0.465 e. The molecule has 5 nitrogen and oxygen atoms in total. The quantitative estimate of drug-likeness (QED) is 0.713. The van der Waals surface area contributed by atoms with Gasteiger partial charge in [-0.15, -0.1) is 11.8 Å². The van der Waals surface area contributed by atoms with E-state index in [9.17, 15) is 4.79 Å². The van der Waals surface area contributed by atoms with E-state index in [-0.39, 0.29) is 17.5 Å². The number of nitrogens with one attached hydrogen (secondary N) is 1. The molecule has 0 aromatic rings. The zero-order chi connectivity index (χ0) is 13.7. The summed E-state index contributed by atoms with van der Waals surface area (Å²) in [5, 5.41) is 3.06. The third-order valence-corrected chi connectivity index (χ3v) is 5.33. The zero-order valence-electron chi connectivity index (χ0n) is 11.1. The fraction of sp³-hybridized carbons (Fsp3) is 0.750. The Hall–Kier alpha value is -0.370. The fourth-order valence-electron chi connectivity index (χ4n) is 2.28. The first-order valence-electron chi connectivity index (χ1n) is 6.62. The van der Waals surface area contributed by atoms with Gasteiger partial charge in [-0.1, -0.05) is 11.8 Å². The van der Waals surface area contributed by atoms with E-state index in [0.29, 0.717) is 6.61 Å². The molecule has 0 amide bonds. The maximum absolute atomic E-state index is 11.8. The number of likely N-dealkylation sites (tertiary alicyclic amines) is 1. The third-order valence-electron chi connectivity index (χ3n) is 3.15. The number of carbonyl (C=O) groups excluding carboxylic acids is 1. The van der Waals surface area contributed by atoms with Gasteiger partial charge in [-0.2, -0.15) is 0 Å². The molecule has 0 saturated carbocycles. The molecule has 2 atom stereocenters. The molecule has 2 heterocycles. The van der Waals surface area contributed by atoms with Crippen molar-refractivity contribution in [1.82, 2.24) is 10.2 Å². The van der Waals surface area contributed by atoms with Crippen LogP contribution in [0.3, 0.4) is 0 Å². The van der Waals surface area contributed by atoms with Crippen LogP contribution < -0.4 is 11.1 Å². The van der Waals surface area contributed by atoms with E-state index in [4.69, 9.17) is 10.5 Å². The number of thioether (sulfide) groups is 2. The Morgan fingerprint density at radius 1 is 1.74 bits per heavy atom. The Balaban J connectivity index is 1.71. The number of hydrogen-bond donors (Lipinski definition) is 2. The van der Waals surface area contributed by atoms with Crippen molar-refractivity contribution in [1.29, 1.82) is 0 Å². The minimum atomic E-state index is -0.0665. The van der Waals surface area contributed by atoms with Crippen LogP contribution in [0, 0.1) is 0 Å². The molecule has 1 fully saturated rings. The van der Waals surface area contributed by atoms with Gasteiger partial charge in [-0.05, 0) is 26.3 Å². The maximum atomic E-state index is 11.8. The molecule has 3 N–H and O–H groups in total. The summed E-state index contributed by atoms with van der Waals surface area (Å²) in [7, 11) is 0. The summed E-state index contributed by atoms with van der Waals surface area (Å²) in [5.74, 6) is 0.909. The number of nitrogens with zero attached hydrogens (tertiary/aromatic N) is 1. The van der Waals surface area contributed by atoms with Crippen molar-refractivity contribution in [2.24, 2.45) is 5.73 Å². The molecule has 2 aliphatic heterocycles. The number of nitrogens with two attached hydrogens (primary N) is 1. The van der Waals surface area contributed by atoms with Crippen LogP contribution in [0.25, 0.3) is 0 Å². The lowest BCUT2D eigenvalue weighted by molar-refractivity contribution is -0.148. The Kier molecular flexibility index (Phi) is 5.87. The Morgan fingerprint density at radius 3 is 3.26 bits per heavy atom. The van der Waals surface area contributed by atoms with Gasteiger partial charge in [-0.3, -0.25) is 9.69 Å². The van der Waals surface area contributed by atoms with Crippen molar-refractivity contribution in [3.05, 3.63) is 10.4 Å². The topological polar surface area (TPSA) is 67.6 Å². The minimum Gasteiger partial charge on any atom is -0.465 e. The molecule has 0 spiro atoms. The molecule has 0 aromatic carbocycles. The molecular formula is C12H21N3O2S2. The van der Waals surface area contributed by atoms with Crippen molar-refractivity contribution < 1.29 is 9.53 Å². The highest BCUT2D eigenvalue weighted by Crippen LogP contribution is 2.33. The molecule has 2 aliphatic rings. The Labute approximate surface area is 122 Å². The Morgan fingerprint density at radius 2 is 2.58 bits per heavy atom. The highest BCUT2D eigenvalue weighted by Gasteiger charge is 2.31. The molecular weight excluding hydrogens is 282 g/mol. The second-order valence-corrected chi connectivity index (χ2v) is 7.04. The smallest absolute Gasteiger partial charge is 0.323 e. The number of hydrogen-bond acceptors (Lipinski definition) is 7. The van der Waals surface area contributed by atoms with Crippen molar-refractivity contribution >= 4 is 29.5 Å². The molecule has 7 heteroatoms. The van der Waals surface area contributed by atoms with Gasteiger partial charge in [-0.25, -0.2) is 0 Å². The van der Waals surface area contributed by atoms with E-state index in [0.717, 1.165) is 31.7 Å². The maximum Gasteiger partial charge on any atom is 0.323 e. The summed E-state index contributed by atoms with van der Waals surface area (Å²) in [6.07, 6.45) is 3.97. The molecule has 0 radical (unpaired) electrons. The highest BCUT2D eigenvalue weighted by atomic mass is 32.2. The first-order valence-corrected chi connectivity index (χ1v) is 8.49. The normalized spacial score (nSPS) is 27.2. The van der Waals surface area contributed by atoms with Crippen molar-refractivity contribution in [2.45, 2.75) is 31.3 Å². The average molecular weight is 303 g/mol. The average Bonchev–Trinajstić information content (AvgIpc) is 2.99. The van der Waals surface area contributed by atoms with Gasteiger partial charge in [0.25, 0.3) is 0 Å². The second-order valence-electron chi connectivity index (χ2n) is 4.46. The number of rotatable bonds is 6. The zero-order valence-corrected chi connectivity index (χ0v) is 12.8. The standard InChI is InChI=1S/C12H21N3O2S2/c1-2-17-11(16)9-4-3-5-15(9)6-7-18-10-8-14-12(13)19-10/h8-9,12,14H,2-7,13H2,1H3. The van der Waals surface area contributed by atoms with Gasteiger partial charge in [0.2, 0.25) is 0 Å². The molecule has 108 valence electrons. The lowest BCUT2D eigenvalue weighted by Gasteiger charge is -2.22. The van der Waals surface area contributed by atoms with Crippen LogP contribution in [0.15, 0.2) is 10.4 Å². The van der Waals surface area contributed by atoms with Crippen LogP contribution in [0.2, 0.25) is 0 Å². The summed E-state index contributed by atoms with van der Waals surface area (Å²) in [5.41, 5.74) is 5.72. The molecule has 0 aromatic heterocycles. The summed E-state index contributed by atoms with van der Waals surface area (Å²) < 4.78 is 6.34. The van der Waals surface area contributed by atoms with Crippen molar-refractivity contribution in [3.63, 3.8) is 0 Å². The predicted molar refractivity (Wildman–Crippen MR) is 80.5 cm³/mol. The van der Waals surface area contributed by atoms with E-state index >= 15 is 0 Å². The number of ether oxygens (including phenoxy) is 1. The summed E-state index contributed by atoms with van der Waals surface area (Å²) in [6.45, 7) is 4.23. The molecule has 0 bridgehead atoms. The van der Waals surface area contributed by atoms with Crippen LogP contribution in [0.1, 0.15) is 19.8 Å². The third kappa shape index (κ3) is 4.30. The van der Waals surface area contributed by atoms with E-state index in [1.165, 1.54) is 4.24 Å². The van der Waals surface area contributed by atoms with E-state index in [1.807, 2.05) is 13.1 Å². The van der Waals surface area contributed by atoms with Crippen LogP contribution >= 0.6 is 23.5 Å². The number of esters is 1. The molecule has 0 aliphatic carbocycles. The molecule has 2 rings (SSSR count). The molecule has 1 saturated heterocycles. The summed E-state index contributed by atoms with van der Waals surface area (Å²) >= 11 is 3.43. The van der Waals surface area contributed by atoms with Crippen LogP contribution in [-0.4, -0.2) is 47.9 Å². The van der Waals surface area contributed by atoms with E-state index in [2.05, 4.69) is 10.2 Å². The van der Waals surface area contributed by atoms with Crippen molar-refractivity contribution in [3.8, 4) is 0 Å². The van der Waals surface area contributed by atoms with Gasteiger partial charge in [0.05, 0.1) is 10.8 Å². The van der Waals surface area contributed by atoms with Gasteiger partial charge in [0, 0.05) is 18.5 Å². The molecule has 2 unspecified atom stereocenters. The first kappa shape index (κ1) is 15.0. The van der Waals surface area contributed by atoms with Gasteiger partial charge < -0.3 is 15.8 Å². The van der Waals surface area contributed by atoms with E-state index in [1.54, 1.807) is 23.5 Å². The van der Waals surface area contributed by atoms with Gasteiger partial charge in [0.1, 0.15) is 11.5 Å². The van der Waals surface area contributed by atoms with Crippen molar-refractivity contribution in [2.75, 3.05) is 25.4 Å². The predicted octanol–water partition coefficient (Wildman–Crippen LogP) is 1.12. The lowest BCUT2D eigenvalue weighted by atomic mass is 10.2.